The predicted octanol–water partition coefficient (Wildman–Crippen LogP) is 2.09. The predicted molar refractivity (Wildman–Crippen MR) is 72.1 cm³/mol. The van der Waals surface area contributed by atoms with E-state index in [0.717, 1.165) is 23.4 Å². The number of hydrogen-bond acceptors (Lipinski definition) is 3. The largest absolute Gasteiger partial charge is 0.496 e. The van der Waals surface area contributed by atoms with Crippen molar-refractivity contribution in [2.24, 2.45) is 5.73 Å². The van der Waals surface area contributed by atoms with Crippen molar-refractivity contribution in [1.82, 2.24) is 9.55 Å². The molecule has 0 unspecified atom stereocenters. The molecule has 0 saturated heterocycles. The van der Waals surface area contributed by atoms with Gasteiger partial charge in [-0.25, -0.2) is 4.98 Å². The first-order valence-electron chi connectivity index (χ1n) is 5.76. The minimum Gasteiger partial charge on any atom is -0.496 e. The van der Waals surface area contributed by atoms with Gasteiger partial charge in [-0.15, -0.1) is 0 Å². The molecular weight excluding hydrogens is 250 g/mol. The van der Waals surface area contributed by atoms with Crippen LogP contribution in [0.2, 0.25) is 5.02 Å². The maximum atomic E-state index is 6.22. The SMILES string of the molecule is COc1cccc(Cl)c1Cn1cncc1CCN. The molecule has 96 valence electrons. The molecule has 0 atom stereocenters. The Balaban J connectivity index is 2.30. The number of rotatable bonds is 5. The molecule has 18 heavy (non-hydrogen) atoms. The summed E-state index contributed by atoms with van der Waals surface area (Å²) < 4.78 is 7.37. The van der Waals surface area contributed by atoms with Gasteiger partial charge in [0.25, 0.3) is 0 Å². The van der Waals surface area contributed by atoms with Crippen molar-refractivity contribution < 1.29 is 4.74 Å². The molecule has 0 fully saturated rings. The molecule has 2 aromatic rings. The maximum Gasteiger partial charge on any atom is 0.125 e. The van der Waals surface area contributed by atoms with Crippen LogP contribution in [0.25, 0.3) is 0 Å². The van der Waals surface area contributed by atoms with Gasteiger partial charge in [0.1, 0.15) is 5.75 Å². The van der Waals surface area contributed by atoms with Crippen LogP contribution in [-0.4, -0.2) is 23.2 Å². The number of nitrogens with two attached hydrogens (primary N) is 1. The van der Waals surface area contributed by atoms with Gasteiger partial charge >= 0.3 is 0 Å². The van der Waals surface area contributed by atoms with Gasteiger partial charge < -0.3 is 15.0 Å². The van der Waals surface area contributed by atoms with Crippen LogP contribution in [0.3, 0.4) is 0 Å². The molecular formula is C13H16ClN3O. The number of imidazole rings is 1. The molecule has 0 spiro atoms. The van der Waals surface area contributed by atoms with Crippen molar-refractivity contribution in [3.63, 3.8) is 0 Å². The molecule has 0 aliphatic heterocycles. The van der Waals surface area contributed by atoms with E-state index in [1.54, 1.807) is 13.4 Å². The quantitative estimate of drug-likeness (QED) is 0.901. The normalized spacial score (nSPS) is 10.6. The average Bonchev–Trinajstić information content (AvgIpc) is 2.80. The van der Waals surface area contributed by atoms with E-state index in [1.165, 1.54) is 0 Å². The monoisotopic (exact) mass is 265 g/mol. The molecule has 2 N–H and O–H groups in total. The van der Waals surface area contributed by atoms with Crippen LogP contribution in [0.5, 0.6) is 5.75 Å². The van der Waals surface area contributed by atoms with Crippen molar-refractivity contribution >= 4 is 11.6 Å². The van der Waals surface area contributed by atoms with Gasteiger partial charge in [-0.3, -0.25) is 0 Å². The van der Waals surface area contributed by atoms with E-state index in [9.17, 15) is 0 Å². The number of benzene rings is 1. The lowest BCUT2D eigenvalue weighted by molar-refractivity contribution is 0.408. The molecule has 2 rings (SSSR count). The van der Waals surface area contributed by atoms with Crippen molar-refractivity contribution in [2.45, 2.75) is 13.0 Å². The molecule has 0 amide bonds. The Bertz CT molecular complexity index is 525. The summed E-state index contributed by atoms with van der Waals surface area (Å²) in [5.74, 6) is 0.787. The van der Waals surface area contributed by atoms with Gasteiger partial charge in [0.15, 0.2) is 0 Å². The van der Waals surface area contributed by atoms with Crippen molar-refractivity contribution in [1.29, 1.82) is 0 Å². The van der Waals surface area contributed by atoms with Crippen LogP contribution in [0, 0.1) is 0 Å². The fourth-order valence-electron chi connectivity index (χ4n) is 1.90. The third-order valence-corrected chi connectivity index (χ3v) is 3.18. The number of nitrogens with zero attached hydrogens (tertiary/aromatic N) is 2. The van der Waals surface area contributed by atoms with Gasteiger partial charge in [0.05, 0.1) is 20.0 Å². The molecule has 1 heterocycles. The first-order chi connectivity index (χ1) is 8.76. The van der Waals surface area contributed by atoms with E-state index in [0.29, 0.717) is 18.1 Å². The van der Waals surface area contributed by atoms with E-state index in [-0.39, 0.29) is 0 Å². The first kappa shape index (κ1) is 12.9. The summed E-state index contributed by atoms with van der Waals surface area (Å²) in [5.41, 5.74) is 7.63. The van der Waals surface area contributed by atoms with Gasteiger partial charge in [-0.05, 0) is 18.7 Å². The highest BCUT2D eigenvalue weighted by atomic mass is 35.5. The lowest BCUT2D eigenvalue weighted by Crippen LogP contribution is -2.10. The highest BCUT2D eigenvalue weighted by Gasteiger charge is 2.10. The minimum absolute atomic E-state index is 0.603. The second-order valence-electron chi connectivity index (χ2n) is 3.97. The summed E-state index contributed by atoms with van der Waals surface area (Å²) in [7, 11) is 1.64. The second kappa shape index (κ2) is 5.89. The molecule has 1 aromatic heterocycles. The minimum atomic E-state index is 0.603. The Morgan fingerprint density at radius 2 is 2.28 bits per heavy atom. The summed E-state index contributed by atoms with van der Waals surface area (Å²) >= 11 is 6.22. The molecule has 5 heteroatoms. The van der Waals surface area contributed by atoms with E-state index in [4.69, 9.17) is 22.1 Å². The molecule has 0 aliphatic rings. The van der Waals surface area contributed by atoms with Crippen LogP contribution in [0.4, 0.5) is 0 Å². The van der Waals surface area contributed by atoms with Gasteiger partial charge in [-0.1, -0.05) is 17.7 Å². The fourth-order valence-corrected chi connectivity index (χ4v) is 2.13. The number of aromatic nitrogens is 2. The average molecular weight is 266 g/mol. The first-order valence-corrected chi connectivity index (χ1v) is 6.14. The van der Waals surface area contributed by atoms with Crippen molar-refractivity contribution in [3.8, 4) is 5.75 Å². The summed E-state index contributed by atoms with van der Waals surface area (Å²) in [6.07, 6.45) is 4.41. The highest BCUT2D eigenvalue weighted by molar-refractivity contribution is 6.31. The summed E-state index contributed by atoms with van der Waals surface area (Å²) in [6.45, 7) is 1.24. The third kappa shape index (κ3) is 2.66. The van der Waals surface area contributed by atoms with Crippen LogP contribution in [0.1, 0.15) is 11.3 Å². The van der Waals surface area contributed by atoms with Gasteiger partial charge in [0, 0.05) is 28.9 Å². The van der Waals surface area contributed by atoms with Crippen molar-refractivity contribution in [3.05, 3.63) is 47.0 Å². The second-order valence-corrected chi connectivity index (χ2v) is 4.38. The standard InChI is InChI=1S/C13H16ClN3O/c1-18-13-4-2-3-12(14)11(13)8-17-9-16-7-10(17)5-6-15/h2-4,7,9H,5-6,8,15H2,1H3. The molecule has 0 bridgehead atoms. The summed E-state index contributed by atoms with van der Waals surface area (Å²) in [5, 5.41) is 0.696. The molecule has 0 radical (unpaired) electrons. The Kier molecular flexibility index (Phi) is 4.23. The lowest BCUT2D eigenvalue weighted by Gasteiger charge is -2.12. The van der Waals surface area contributed by atoms with E-state index < -0.39 is 0 Å². The Hall–Kier alpha value is -1.52. The molecule has 0 aliphatic carbocycles. The molecule has 4 nitrogen and oxygen atoms in total. The van der Waals surface area contributed by atoms with Crippen LogP contribution >= 0.6 is 11.6 Å². The maximum absolute atomic E-state index is 6.22. The number of methoxy groups -OCH3 is 1. The Morgan fingerprint density at radius 1 is 1.44 bits per heavy atom. The Morgan fingerprint density at radius 3 is 3.00 bits per heavy atom. The number of ether oxygens (including phenoxy) is 1. The molecule has 1 aromatic carbocycles. The fraction of sp³-hybridized carbons (Fsp3) is 0.308. The van der Waals surface area contributed by atoms with E-state index in [2.05, 4.69) is 4.98 Å². The lowest BCUT2D eigenvalue weighted by atomic mass is 10.2. The summed E-state index contributed by atoms with van der Waals surface area (Å²) in [4.78, 5) is 4.15. The molecule has 0 saturated carbocycles. The van der Waals surface area contributed by atoms with E-state index in [1.807, 2.05) is 29.0 Å². The Labute approximate surface area is 111 Å². The number of halogens is 1. The van der Waals surface area contributed by atoms with E-state index >= 15 is 0 Å². The highest BCUT2D eigenvalue weighted by Crippen LogP contribution is 2.27. The number of hydrogen-bond donors (Lipinski definition) is 1. The summed E-state index contributed by atoms with van der Waals surface area (Å²) in [6, 6.07) is 5.64. The van der Waals surface area contributed by atoms with Gasteiger partial charge in [0.2, 0.25) is 0 Å². The van der Waals surface area contributed by atoms with Gasteiger partial charge in [-0.2, -0.15) is 0 Å². The van der Waals surface area contributed by atoms with Crippen LogP contribution in [0.15, 0.2) is 30.7 Å². The smallest absolute Gasteiger partial charge is 0.125 e. The third-order valence-electron chi connectivity index (χ3n) is 2.82. The van der Waals surface area contributed by atoms with Crippen LogP contribution in [-0.2, 0) is 13.0 Å². The zero-order valence-corrected chi connectivity index (χ0v) is 11.0. The van der Waals surface area contributed by atoms with Crippen LogP contribution < -0.4 is 10.5 Å². The topological polar surface area (TPSA) is 53.1 Å². The zero-order chi connectivity index (χ0) is 13.0. The van der Waals surface area contributed by atoms with Crippen molar-refractivity contribution in [2.75, 3.05) is 13.7 Å². The zero-order valence-electron chi connectivity index (χ0n) is 10.3.